The van der Waals surface area contributed by atoms with Crippen LogP contribution in [-0.2, 0) is 0 Å². The molecular formula is C20H25N3O. The van der Waals surface area contributed by atoms with Crippen LogP contribution in [0.2, 0.25) is 0 Å². The first-order valence-electron chi connectivity index (χ1n) is 9.08. The van der Waals surface area contributed by atoms with E-state index in [2.05, 4.69) is 31.1 Å². The molecule has 1 amide bonds. The second-order valence-electron chi connectivity index (χ2n) is 7.41. The third-order valence-corrected chi connectivity index (χ3v) is 5.29. The molecule has 0 spiro atoms. The van der Waals surface area contributed by atoms with Crippen molar-refractivity contribution in [3.63, 3.8) is 0 Å². The van der Waals surface area contributed by atoms with Crippen molar-refractivity contribution in [2.24, 2.45) is 5.92 Å². The number of nitrogens with zero attached hydrogens (tertiary/aromatic N) is 3. The summed E-state index contributed by atoms with van der Waals surface area (Å²) in [5.41, 5.74) is 4.21. The van der Waals surface area contributed by atoms with Crippen LogP contribution in [0.25, 0.3) is 5.69 Å². The van der Waals surface area contributed by atoms with E-state index >= 15 is 0 Å². The molecule has 1 aliphatic carbocycles. The number of carbonyl (C=O) groups excluding carboxylic acids is 1. The molecule has 0 unspecified atom stereocenters. The van der Waals surface area contributed by atoms with Gasteiger partial charge in [0.2, 0.25) is 0 Å². The molecule has 0 bridgehead atoms. The summed E-state index contributed by atoms with van der Waals surface area (Å²) >= 11 is 0. The van der Waals surface area contributed by atoms with Gasteiger partial charge in [-0.3, -0.25) is 4.79 Å². The maximum Gasteiger partial charge on any atom is 0.257 e. The Labute approximate surface area is 143 Å². The second-order valence-corrected chi connectivity index (χ2v) is 7.41. The summed E-state index contributed by atoms with van der Waals surface area (Å²) in [5.74, 6) is 1.25. The number of aromatic nitrogens is 2. The number of benzene rings is 1. The number of aryl methyl sites for hydroxylation is 1. The van der Waals surface area contributed by atoms with Crippen molar-refractivity contribution in [1.29, 1.82) is 0 Å². The molecule has 1 atom stereocenters. The smallest absolute Gasteiger partial charge is 0.257 e. The summed E-state index contributed by atoms with van der Waals surface area (Å²) in [7, 11) is 0. The van der Waals surface area contributed by atoms with Gasteiger partial charge in [0.25, 0.3) is 5.91 Å². The van der Waals surface area contributed by atoms with Crippen molar-refractivity contribution in [3.8, 4) is 5.69 Å². The Morgan fingerprint density at radius 1 is 1.21 bits per heavy atom. The maximum atomic E-state index is 13.1. The van der Waals surface area contributed by atoms with E-state index in [0.29, 0.717) is 11.8 Å². The normalized spacial score (nSPS) is 21.1. The highest BCUT2D eigenvalue weighted by atomic mass is 16.2. The van der Waals surface area contributed by atoms with Gasteiger partial charge < -0.3 is 4.90 Å². The van der Waals surface area contributed by atoms with E-state index < -0.39 is 0 Å². The zero-order valence-electron chi connectivity index (χ0n) is 14.5. The molecule has 2 aliphatic rings. The molecule has 1 aliphatic heterocycles. The lowest BCUT2D eigenvalue weighted by Gasteiger charge is -2.31. The van der Waals surface area contributed by atoms with Gasteiger partial charge in [0.05, 0.1) is 23.1 Å². The van der Waals surface area contributed by atoms with Crippen LogP contribution in [0.3, 0.4) is 0 Å². The van der Waals surface area contributed by atoms with E-state index in [1.807, 2.05) is 21.7 Å². The largest absolute Gasteiger partial charge is 0.338 e. The van der Waals surface area contributed by atoms with Crippen molar-refractivity contribution in [2.75, 3.05) is 13.1 Å². The van der Waals surface area contributed by atoms with Gasteiger partial charge in [-0.25, -0.2) is 4.68 Å². The van der Waals surface area contributed by atoms with E-state index in [-0.39, 0.29) is 5.91 Å². The molecule has 1 aromatic heterocycles. The van der Waals surface area contributed by atoms with Crippen LogP contribution in [0, 0.1) is 12.8 Å². The van der Waals surface area contributed by atoms with Crippen molar-refractivity contribution in [1.82, 2.24) is 14.7 Å². The Bertz CT molecular complexity index is 760. The van der Waals surface area contributed by atoms with Gasteiger partial charge in [0.1, 0.15) is 0 Å². The minimum Gasteiger partial charge on any atom is -0.338 e. The number of carbonyl (C=O) groups is 1. The maximum absolute atomic E-state index is 13.1. The van der Waals surface area contributed by atoms with Crippen molar-refractivity contribution >= 4 is 5.91 Å². The molecule has 1 aromatic carbocycles. The number of para-hydroxylation sites is 1. The average Bonchev–Trinajstić information content (AvgIpc) is 3.33. The highest BCUT2D eigenvalue weighted by Crippen LogP contribution is 2.43. The third kappa shape index (κ3) is 2.74. The minimum absolute atomic E-state index is 0.170. The number of likely N-dealkylation sites (tertiary alicyclic amines) is 1. The van der Waals surface area contributed by atoms with Crippen LogP contribution in [0.15, 0.2) is 30.5 Å². The van der Waals surface area contributed by atoms with Crippen LogP contribution < -0.4 is 0 Å². The quantitative estimate of drug-likeness (QED) is 0.858. The minimum atomic E-state index is 0.170. The Hall–Kier alpha value is -2.10. The van der Waals surface area contributed by atoms with Crippen LogP contribution in [0.5, 0.6) is 0 Å². The number of amides is 1. The Morgan fingerprint density at radius 2 is 2.00 bits per heavy atom. The van der Waals surface area contributed by atoms with Gasteiger partial charge in [-0.15, -0.1) is 0 Å². The van der Waals surface area contributed by atoms with Crippen LogP contribution in [-0.4, -0.2) is 33.7 Å². The fourth-order valence-electron chi connectivity index (χ4n) is 3.81. The van der Waals surface area contributed by atoms with E-state index in [0.717, 1.165) is 49.3 Å². The predicted molar refractivity (Wildman–Crippen MR) is 94.6 cm³/mol. The lowest BCUT2D eigenvalue weighted by atomic mass is 9.99. The molecule has 0 radical (unpaired) electrons. The molecule has 24 heavy (non-hydrogen) atoms. The standard InChI is InChI=1S/C20H25N3O/c1-14-6-5-11-22(13-14)20(24)17-12-21-23(19(17)16-9-10-16)18-8-4-3-7-15(18)2/h3-4,7-8,12,14,16H,5-6,9-11,13H2,1-2H3/t14-/m1/s1. The molecule has 4 heteroatoms. The highest BCUT2D eigenvalue weighted by molar-refractivity contribution is 5.95. The van der Waals surface area contributed by atoms with E-state index in [1.54, 1.807) is 6.20 Å². The summed E-state index contributed by atoms with van der Waals surface area (Å²) in [6.07, 6.45) is 6.45. The number of hydrogen-bond donors (Lipinski definition) is 0. The monoisotopic (exact) mass is 323 g/mol. The molecular weight excluding hydrogens is 298 g/mol. The molecule has 4 nitrogen and oxygen atoms in total. The fourth-order valence-corrected chi connectivity index (χ4v) is 3.81. The zero-order valence-corrected chi connectivity index (χ0v) is 14.5. The van der Waals surface area contributed by atoms with E-state index in [1.165, 1.54) is 12.0 Å². The number of hydrogen-bond acceptors (Lipinski definition) is 2. The molecule has 0 N–H and O–H groups in total. The van der Waals surface area contributed by atoms with Crippen LogP contribution in [0.1, 0.15) is 60.1 Å². The summed E-state index contributed by atoms with van der Waals surface area (Å²) in [4.78, 5) is 15.1. The molecule has 2 aromatic rings. The van der Waals surface area contributed by atoms with E-state index in [4.69, 9.17) is 0 Å². The lowest BCUT2D eigenvalue weighted by molar-refractivity contribution is 0.0682. The Morgan fingerprint density at radius 3 is 2.71 bits per heavy atom. The second kappa shape index (κ2) is 6.08. The fraction of sp³-hybridized carbons (Fsp3) is 0.500. The highest BCUT2D eigenvalue weighted by Gasteiger charge is 2.35. The van der Waals surface area contributed by atoms with Gasteiger partial charge in [-0.1, -0.05) is 25.1 Å². The van der Waals surface area contributed by atoms with Crippen LogP contribution >= 0.6 is 0 Å². The van der Waals surface area contributed by atoms with Gasteiger partial charge in [0.15, 0.2) is 0 Å². The summed E-state index contributed by atoms with van der Waals surface area (Å²) < 4.78 is 2.01. The molecule has 1 saturated heterocycles. The average molecular weight is 323 g/mol. The zero-order chi connectivity index (χ0) is 16.7. The summed E-state index contributed by atoms with van der Waals surface area (Å²) in [6.45, 7) is 6.08. The third-order valence-electron chi connectivity index (χ3n) is 5.29. The number of piperidine rings is 1. The summed E-state index contributed by atoms with van der Waals surface area (Å²) in [6, 6.07) is 8.27. The SMILES string of the molecule is Cc1ccccc1-n1ncc(C(=O)N2CCC[C@@H](C)C2)c1C1CC1. The first-order valence-corrected chi connectivity index (χ1v) is 9.08. The number of rotatable bonds is 3. The van der Waals surface area contributed by atoms with Gasteiger partial charge in [0, 0.05) is 19.0 Å². The molecule has 2 heterocycles. The van der Waals surface area contributed by atoms with Gasteiger partial charge in [-0.05, 0) is 50.2 Å². The first-order chi connectivity index (χ1) is 11.6. The Kier molecular flexibility index (Phi) is 3.91. The van der Waals surface area contributed by atoms with Gasteiger partial charge in [-0.2, -0.15) is 5.10 Å². The first kappa shape index (κ1) is 15.4. The van der Waals surface area contributed by atoms with Crippen molar-refractivity contribution < 1.29 is 4.79 Å². The molecule has 1 saturated carbocycles. The van der Waals surface area contributed by atoms with Crippen molar-refractivity contribution in [2.45, 2.75) is 45.4 Å². The lowest BCUT2D eigenvalue weighted by Crippen LogP contribution is -2.39. The summed E-state index contributed by atoms with van der Waals surface area (Å²) in [5, 5.41) is 4.61. The Balaban J connectivity index is 1.72. The van der Waals surface area contributed by atoms with Crippen molar-refractivity contribution in [3.05, 3.63) is 47.3 Å². The van der Waals surface area contributed by atoms with Crippen LogP contribution in [0.4, 0.5) is 0 Å². The molecule has 4 rings (SSSR count). The van der Waals surface area contributed by atoms with Gasteiger partial charge >= 0.3 is 0 Å². The predicted octanol–water partition coefficient (Wildman–Crippen LogP) is 3.93. The molecule has 126 valence electrons. The van der Waals surface area contributed by atoms with E-state index in [9.17, 15) is 4.79 Å². The molecule has 2 fully saturated rings. The topological polar surface area (TPSA) is 38.1 Å².